The van der Waals surface area contributed by atoms with Gasteiger partial charge in [0.05, 0.1) is 25.4 Å². The second-order valence-corrected chi connectivity index (χ2v) is 3.42. The van der Waals surface area contributed by atoms with Gasteiger partial charge in [0, 0.05) is 6.54 Å². The molecule has 0 bridgehead atoms. The summed E-state index contributed by atoms with van der Waals surface area (Å²) < 4.78 is 1.51. The van der Waals surface area contributed by atoms with E-state index in [-0.39, 0.29) is 24.2 Å². The van der Waals surface area contributed by atoms with Gasteiger partial charge < -0.3 is 16.2 Å². The van der Waals surface area contributed by atoms with E-state index < -0.39 is 0 Å². The minimum absolute atomic E-state index is 0.0841. The van der Waals surface area contributed by atoms with E-state index in [0.29, 0.717) is 19.5 Å². The van der Waals surface area contributed by atoms with Crippen LogP contribution in [0.15, 0.2) is 6.20 Å². The third kappa shape index (κ3) is 3.28. The lowest BCUT2D eigenvalue weighted by Gasteiger charge is -2.12. The van der Waals surface area contributed by atoms with Crippen molar-refractivity contribution in [2.45, 2.75) is 25.9 Å². The van der Waals surface area contributed by atoms with E-state index in [1.807, 2.05) is 6.92 Å². The van der Waals surface area contributed by atoms with E-state index in [1.54, 1.807) is 0 Å². The van der Waals surface area contributed by atoms with Gasteiger partial charge >= 0.3 is 0 Å². The summed E-state index contributed by atoms with van der Waals surface area (Å²) in [6.45, 7) is 2.77. The number of nitrogens with two attached hydrogens (primary N) is 1. The molecule has 7 nitrogen and oxygen atoms in total. The maximum atomic E-state index is 11.6. The first-order valence-corrected chi connectivity index (χ1v) is 5.23. The molecule has 0 aliphatic rings. The van der Waals surface area contributed by atoms with Crippen molar-refractivity contribution in [2.75, 3.05) is 13.2 Å². The zero-order valence-electron chi connectivity index (χ0n) is 9.26. The lowest BCUT2D eigenvalue weighted by Crippen LogP contribution is -2.37. The quantitative estimate of drug-likeness (QED) is 0.562. The van der Waals surface area contributed by atoms with Gasteiger partial charge in [0.15, 0.2) is 5.69 Å². The van der Waals surface area contributed by atoms with Crippen LogP contribution in [0.2, 0.25) is 0 Å². The summed E-state index contributed by atoms with van der Waals surface area (Å²) in [5.74, 6) is -0.329. The Morgan fingerprint density at radius 1 is 1.75 bits per heavy atom. The number of hydrogen-bond donors (Lipinski definition) is 3. The van der Waals surface area contributed by atoms with Crippen LogP contribution < -0.4 is 11.1 Å². The van der Waals surface area contributed by atoms with Gasteiger partial charge in [-0.2, -0.15) is 0 Å². The molecule has 0 aliphatic heterocycles. The highest BCUT2D eigenvalue weighted by Crippen LogP contribution is 1.96. The average molecular weight is 227 g/mol. The number of aromatic nitrogens is 3. The van der Waals surface area contributed by atoms with E-state index in [1.165, 1.54) is 10.9 Å². The lowest BCUT2D eigenvalue weighted by atomic mass is 10.2. The van der Waals surface area contributed by atoms with Crippen LogP contribution >= 0.6 is 0 Å². The van der Waals surface area contributed by atoms with E-state index in [4.69, 9.17) is 10.8 Å². The molecule has 4 N–H and O–H groups in total. The highest BCUT2D eigenvalue weighted by molar-refractivity contribution is 5.92. The minimum Gasteiger partial charge on any atom is -0.394 e. The largest absolute Gasteiger partial charge is 0.394 e. The Labute approximate surface area is 93.6 Å². The zero-order chi connectivity index (χ0) is 12.0. The molecule has 1 aromatic rings. The number of carbonyl (C=O) groups excluding carboxylic acids is 1. The maximum absolute atomic E-state index is 11.6. The normalized spacial score (nSPS) is 12.4. The first kappa shape index (κ1) is 12.6. The molecule has 0 aliphatic carbocycles. The highest BCUT2D eigenvalue weighted by atomic mass is 16.3. The van der Waals surface area contributed by atoms with Gasteiger partial charge in [-0.15, -0.1) is 5.10 Å². The molecule has 0 saturated carbocycles. The third-order valence-corrected chi connectivity index (χ3v) is 2.18. The van der Waals surface area contributed by atoms with Gasteiger partial charge in [0.25, 0.3) is 5.91 Å². The standard InChI is InChI=1S/C9H17N5O2/c1-2-7(6-15)11-9(16)8-5-14(4-3-10)13-12-8/h5,7,15H,2-4,6,10H2,1H3,(H,11,16)/t7-/m0/s1. The summed E-state index contributed by atoms with van der Waals surface area (Å²) in [6, 6.07) is -0.243. The van der Waals surface area contributed by atoms with Crippen molar-refractivity contribution in [3.05, 3.63) is 11.9 Å². The Kier molecular flexibility index (Phi) is 4.87. The molecule has 1 amide bonds. The number of hydrogen-bond acceptors (Lipinski definition) is 5. The van der Waals surface area contributed by atoms with Gasteiger partial charge in [-0.1, -0.05) is 12.1 Å². The Hall–Kier alpha value is -1.47. The topological polar surface area (TPSA) is 106 Å². The van der Waals surface area contributed by atoms with Gasteiger partial charge in [-0.25, -0.2) is 0 Å². The van der Waals surface area contributed by atoms with Crippen LogP contribution in [-0.2, 0) is 6.54 Å². The number of nitrogens with one attached hydrogen (secondary N) is 1. The fourth-order valence-electron chi connectivity index (χ4n) is 1.18. The van der Waals surface area contributed by atoms with Crippen LogP contribution in [0.5, 0.6) is 0 Å². The monoisotopic (exact) mass is 227 g/mol. The van der Waals surface area contributed by atoms with Crippen LogP contribution in [-0.4, -0.2) is 45.2 Å². The Morgan fingerprint density at radius 3 is 3.06 bits per heavy atom. The van der Waals surface area contributed by atoms with E-state index in [0.717, 1.165) is 0 Å². The average Bonchev–Trinajstić information content (AvgIpc) is 2.74. The van der Waals surface area contributed by atoms with Crippen LogP contribution in [0.25, 0.3) is 0 Å². The Balaban J connectivity index is 2.58. The molecule has 0 aromatic carbocycles. The summed E-state index contributed by atoms with van der Waals surface area (Å²) >= 11 is 0. The summed E-state index contributed by atoms with van der Waals surface area (Å²) in [4.78, 5) is 11.6. The molecule has 0 spiro atoms. The molecule has 16 heavy (non-hydrogen) atoms. The van der Waals surface area contributed by atoms with Crippen molar-refractivity contribution in [3.8, 4) is 0 Å². The fourth-order valence-corrected chi connectivity index (χ4v) is 1.18. The third-order valence-electron chi connectivity index (χ3n) is 2.18. The van der Waals surface area contributed by atoms with Gasteiger partial charge in [-0.3, -0.25) is 9.48 Å². The molecule has 7 heteroatoms. The molecular weight excluding hydrogens is 210 g/mol. The van der Waals surface area contributed by atoms with Crippen LogP contribution in [0.4, 0.5) is 0 Å². The first-order chi connectivity index (χ1) is 7.71. The lowest BCUT2D eigenvalue weighted by molar-refractivity contribution is 0.0910. The molecule has 0 saturated heterocycles. The van der Waals surface area contributed by atoms with E-state index in [9.17, 15) is 4.79 Å². The minimum atomic E-state index is -0.329. The number of aliphatic hydroxyl groups excluding tert-OH is 1. The van der Waals surface area contributed by atoms with Crippen molar-refractivity contribution in [1.82, 2.24) is 20.3 Å². The molecule has 1 heterocycles. The summed E-state index contributed by atoms with van der Waals surface area (Å²) in [5, 5.41) is 19.1. The molecule has 1 aromatic heterocycles. The SMILES string of the molecule is CC[C@@H](CO)NC(=O)c1cn(CCN)nn1. The summed E-state index contributed by atoms with van der Waals surface area (Å²) in [6.07, 6.45) is 2.20. The predicted molar refractivity (Wildman–Crippen MR) is 57.7 cm³/mol. The smallest absolute Gasteiger partial charge is 0.273 e. The summed E-state index contributed by atoms with van der Waals surface area (Å²) in [7, 11) is 0. The molecule has 0 fully saturated rings. The number of amides is 1. The van der Waals surface area contributed by atoms with Crippen molar-refractivity contribution < 1.29 is 9.90 Å². The van der Waals surface area contributed by atoms with Gasteiger partial charge in [-0.05, 0) is 6.42 Å². The zero-order valence-corrected chi connectivity index (χ0v) is 9.26. The van der Waals surface area contributed by atoms with Gasteiger partial charge in [0.1, 0.15) is 0 Å². The van der Waals surface area contributed by atoms with Crippen molar-refractivity contribution >= 4 is 5.91 Å². The fraction of sp³-hybridized carbons (Fsp3) is 0.667. The van der Waals surface area contributed by atoms with Crippen molar-refractivity contribution in [1.29, 1.82) is 0 Å². The Morgan fingerprint density at radius 2 is 2.50 bits per heavy atom. The number of carbonyl (C=O) groups is 1. The van der Waals surface area contributed by atoms with E-state index in [2.05, 4.69) is 15.6 Å². The molecule has 0 radical (unpaired) electrons. The molecular formula is C9H17N5O2. The van der Waals surface area contributed by atoms with Crippen LogP contribution in [0, 0.1) is 0 Å². The molecule has 90 valence electrons. The molecule has 1 atom stereocenters. The van der Waals surface area contributed by atoms with Crippen LogP contribution in [0.3, 0.4) is 0 Å². The molecule has 0 unspecified atom stereocenters. The molecule has 1 rings (SSSR count). The van der Waals surface area contributed by atoms with Crippen molar-refractivity contribution in [2.24, 2.45) is 5.73 Å². The Bertz CT molecular complexity index is 334. The summed E-state index contributed by atoms with van der Waals surface area (Å²) in [5.41, 5.74) is 5.58. The van der Waals surface area contributed by atoms with Crippen LogP contribution in [0.1, 0.15) is 23.8 Å². The maximum Gasteiger partial charge on any atom is 0.273 e. The first-order valence-electron chi connectivity index (χ1n) is 5.23. The number of aliphatic hydroxyl groups is 1. The second-order valence-electron chi connectivity index (χ2n) is 3.42. The van der Waals surface area contributed by atoms with Crippen molar-refractivity contribution in [3.63, 3.8) is 0 Å². The number of nitrogens with zero attached hydrogens (tertiary/aromatic N) is 3. The second kappa shape index (κ2) is 6.19. The van der Waals surface area contributed by atoms with E-state index >= 15 is 0 Å². The highest BCUT2D eigenvalue weighted by Gasteiger charge is 2.14. The van der Waals surface area contributed by atoms with Gasteiger partial charge in [0.2, 0.25) is 0 Å². The number of rotatable bonds is 6. The predicted octanol–water partition coefficient (Wildman–Crippen LogP) is -1.26.